The van der Waals surface area contributed by atoms with E-state index in [1.807, 2.05) is 0 Å². The number of carbonyl (C=O) groups is 2. The van der Waals surface area contributed by atoms with Crippen molar-refractivity contribution in [2.75, 3.05) is 11.9 Å². The van der Waals surface area contributed by atoms with E-state index in [9.17, 15) is 9.59 Å². The lowest BCUT2D eigenvalue weighted by Crippen LogP contribution is -2.32. The largest absolute Gasteiger partial charge is 0.360 e. The fourth-order valence-corrected chi connectivity index (χ4v) is 1.95. The molecule has 8 heteroatoms. The second-order valence-electron chi connectivity index (χ2n) is 4.69. The minimum absolute atomic E-state index is 0.161. The Morgan fingerprint density at radius 2 is 2.18 bits per heavy atom. The topological polar surface area (TPSA) is 113 Å². The molecule has 2 heterocycles. The first-order valence-corrected chi connectivity index (χ1v) is 6.56. The van der Waals surface area contributed by atoms with Gasteiger partial charge in [-0.3, -0.25) is 9.59 Å². The summed E-state index contributed by atoms with van der Waals surface area (Å²) >= 11 is 0. The number of imidazole rings is 1. The molecule has 8 nitrogen and oxygen atoms in total. The predicted molar refractivity (Wildman–Crippen MR) is 78.3 cm³/mol. The maximum atomic E-state index is 12.0. The zero-order valence-electron chi connectivity index (χ0n) is 11.7. The van der Waals surface area contributed by atoms with Crippen LogP contribution in [0.2, 0.25) is 0 Å². The summed E-state index contributed by atoms with van der Waals surface area (Å²) in [4.78, 5) is 30.7. The van der Waals surface area contributed by atoms with Gasteiger partial charge in [-0.05, 0) is 25.1 Å². The minimum atomic E-state index is -0.385. The van der Waals surface area contributed by atoms with Gasteiger partial charge in [0.05, 0.1) is 23.9 Å². The molecule has 2 amide bonds. The molecule has 3 aromatic rings. The highest BCUT2D eigenvalue weighted by Crippen LogP contribution is 2.11. The van der Waals surface area contributed by atoms with Crippen LogP contribution in [-0.2, 0) is 4.79 Å². The Kier molecular flexibility index (Phi) is 3.57. The van der Waals surface area contributed by atoms with Gasteiger partial charge in [0.15, 0.2) is 5.82 Å². The van der Waals surface area contributed by atoms with Crippen molar-refractivity contribution in [3.63, 3.8) is 0 Å². The van der Waals surface area contributed by atoms with Crippen molar-refractivity contribution in [2.24, 2.45) is 0 Å². The normalized spacial score (nSPS) is 10.6. The van der Waals surface area contributed by atoms with Gasteiger partial charge in [0.2, 0.25) is 5.91 Å². The van der Waals surface area contributed by atoms with Crippen molar-refractivity contribution in [1.29, 1.82) is 0 Å². The van der Waals surface area contributed by atoms with Gasteiger partial charge in [-0.15, -0.1) is 0 Å². The van der Waals surface area contributed by atoms with Crippen molar-refractivity contribution >= 4 is 28.7 Å². The smallest absolute Gasteiger partial charge is 0.251 e. The quantitative estimate of drug-likeness (QED) is 0.670. The Labute approximate surface area is 124 Å². The third-order valence-corrected chi connectivity index (χ3v) is 2.99. The van der Waals surface area contributed by atoms with Crippen LogP contribution in [0.5, 0.6) is 0 Å². The van der Waals surface area contributed by atoms with Gasteiger partial charge in [-0.25, -0.2) is 4.98 Å². The Bertz CT molecular complexity index is 836. The maximum absolute atomic E-state index is 12.0. The second-order valence-corrected chi connectivity index (χ2v) is 4.69. The summed E-state index contributed by atoms with van der Waals surface area (Å²) in [5.41, 5.74) is 1.98. The van der Waals surface area contributed by atoms with Crippen LogP contribution in [0.4, 0.5) is 5.82 Å². The number of benzene rings is 1. The number of aromatic nitrogens is 3. The van der Waals surface area contributed by atoms with Crippen LogP contribution in [-0.4, -0.2) is 33.5 Å². The molecule has 0 bridgehead atoms. The molecule has 0 aliphatic rings. The number of rotatable bonds is 4. The molecule has 0 radical (unpaired) electrons. The van der Waals surface area contributed by atoms with Crippen molar-refractivity contribution < 1.29 is 14.1 Å². The summed E-state index contributed by atoms with van der Waals surface area (Å²) in [6, 6.07) is 6.65. The average Bonchev–Trinajstić information content (AvgIpc) is 3.12. The van der Waals surface area contributed by atoms with E-state index in [-0.39, 0.29) is 18.4 Å². The fourth-order valence-electron chi connectivity index (χ4n) is 1.95. The summed E-state index contributed by atoms with van der Waals surface area (Å²) in [5.74, 6) is 0.176. The number of nitrogens with zero attached hydrogens (tertiary/aromatic N) is 2. The highest BCUT2D eigenvalue weighted by atomic mass is 16.5. The van der Waals surface area contributed by atoms with E-state index < -0.39 is 0 Å². The van der Waals surface area contributed by atoms with Crippen LogP contribution in [0.3, 0.4) is 0 Å². The summed E-state index contributed by atoms with van der Waals surface area (Å²) in [7, 11) is 0. The number of aromatic amines is 1. The molecule has 0 aliphatic carbocycles. The van der Waals surface area contributed by atoms with Crippen LogP contribution in [0.1, 0.15) is 16.1 Å². The zero-order valence-corrected chi connectivity index (χ0v) is 11.7. The van der Waals surface area contributed by atoms with Crippen LogP contribution in [0.15, 0.2) is 35.1 Å². The van der Waals surface area contributed by atoms with Gasteiger partial charge in [-0.1, -0.05) is 5.16 Å². The SMILES string of the molecule is Cc1cc(NC(=O)CNC(=O)c2ccc3nc[nH]c3c2)no1. The Morgan fingerprint density at radius 3 is 2.95 bits per heavy atom. The molecule has 1 aromatic carbocycles. The Morgan fingerprint density at radius 1 is 1.32 bits per heavy atom. The number of hydrogen-bond donors (Lipinski definition) is 3. The molecule has 0 saturated heterocycles. The van der Waals surface area contributed by atoms with Crippen LogP contribution < -0.4 is 10.6 Å². The molecule has 3 rings (SSSR count). The summed E-state index contributed by atoms with van der Waals surface area (Å²) in [6.45, 7) is 1.56. The maximum Gasteiger partial charge on any atom is 0.251 e. The third kappa shape index (κ3) is 2.95. The number of anilines is 1. The van der Waals surface area contributed by atoms with Gasteiger partial charge in [-0.2, -0.15) is 0 Å². The Hall–Kier alpha value is -3.16. The molecular formula is C14H13N5O3. The van der Waals surface area contributed by atoms with E-state index in [0.29, 0.717) is 17.1 Å². The van der Waals surface area contributed by atoms with E-state index >= 15 is 0 Å². The van der Waals surface area contributed by atoms with Gasteiger partial charge in [0.25, 0.3) is 5.91 Å². The number of H-pyrrole nitrogens is 1. The molecule has 3 N–H and O–H groups in total. The zero-order chi connectivity index (χ0) is 15.5. The molecule has 0 atom stereocenters. The average molecular weight is 299 g/mol. The highest BCUT2D eigenvalue weighted by Gasteiger charge is 2.10. The molecule has 112 valence electrons. The number of hydrogen-bond acceptors (Lipinski definition) is 5. The highest BCUT2D eigenvalue weighted by molar-refractivity contribution is 6.00. The number of amides is 2. The molecule has 0 saturated carbocycles. The summed E-state index contributed by atoms with van der Waals surface area (Å²) < 4.78 is 4.83. The fraction of sp³-hybridized carbons (Fsp3) is 0.143. The predicted octanol–water partition coefficient (Wildman–Crippen LogP) is 1.23. The van der Waals surface area contributed by atoms with E-state index in [1.54, 1.807) is 37.5 Å². The van der Waals surface area contributed by atoms with Gasteiger partial charge in [0, 0.05) is 11.6 Å². The Balaban J connectivity index is 1.58. The molecule has 2 aromatic heterocycles. The van der Waals surface area contributed by atoms with Gasteiger partial charge < -0.3 is 20.1 Å². The first-order chi connectivity index (χ1) is 10.6. The molecule has 0 aliphatic heterocycles. The van der Waals surface area contributed by atoms with Crippen molar-refractivity contribution in [3.05, 3.63) is 41.9 Å². The van der Waals surface area contributed by atoms with Crippen LogP contribution in [0.25, 0.3) is 11.0 Å². The van der Waals surface area contributed by atoms with Crippen molar-refractivity contribution in [1.82, 2.24) is 20.4 Å². The monoisotopic (exact) mass is 299 g/mol. The van der Waals surface area contributed by atoms with E-state index in [0.717, 1.165) is 11.0 Å². The first kappa shape index (κ1) is 13.8. The minimum Gasteiger partial charge on any atom is -0.360 e. The first-order valence-electron chi connectivity index (χ1n) is 6.56. The summed E-state index contributed by atoms with van der Waals surface area (Å²) in [5, 5.41) is 8.70. The lowest BCUT2D eigenvalue weighted by molar-refractivity contribution is -0.115. The van der Waals surface area contributed by atoms with E-state index in [2.05, 4.69) is 25.8 Å². The van der Waals surface area contributed by atoms with Gasteiger partial charge >= 0.3 is 0 Å². The molecule has 0 spiro atoms. The lowest BCUT2D eigenvalue weighted by atomic mass is 10.2. The molecular weight excluding hydrogens is 286 g/mol. The molecule has 22 heavy (non-hydrogen) atoms. The van der Waals surface area contributed by atoms with Crippen molar-refractivity contribution in [2.45, 2.75) is 6.92 Å². The second kappa shape index (κ2) is 5.68. The lowest BCUT2D eigenvalue weighted by Gasteiger charge is -2.05. The molecule has 0 unspecified atom stereocenters. The standard InChI is InChI=1S/C14H13N5O3/c1-8-4-12(19-22-8)18-13(20)6-15-14(21)9-2-3-10-11(5-9)17-7-16-10/h2-5,7H,6H2,1H3,(H,15,21)(H,16,17)(H,18,19,20). The number of aryl methyl sites for hydroxylation is 1. The molecule has 0 fully saturated rings. The number of nitrogens with one attached hydrogen (secondary N) is 3. The number of fused-ring (bicyclic) bond motifs is 1. The van der Waals surface area contributed by atoms with Crippen LogP contribution in [0, 0.1) is 6.92 Å². The third-order valence-electron chi connectivity index (χ3n) is 2.99. The number of carbonyl (C=O) groups excluding carboxylic acids is 2. The summed E-state index contributed by atoms with van der Waals surface area (Å²) in [6.07, 6.45) is 1.56. The van der Waals surface area contributed by atoms with Crippen LogP contribution >= 0.6 is 0 Å². The van der Waals surface area contributed by atoms with E-state index in [1.165, 1.54) is 0 Å². The van der Waals surface area contributed by atoms with Gasteiger partial charge in [0.1, 0.15) is 5.76 Å². The van der Waals surface area contributed by atoms with E-state index in [4.69, 9.17) is 4.52 Å². The van der Waals surface area contributed by atoms with Crippen molar-refractivity contribution in [3.8, 4) is 0 Å².